The number of likely N-dealkylation sites (tertiary alicyclic amines) is 1. The van der Waals surface area contributed by atoms with Crippen molar-refractivity contribution in [2.24, 2.45) is 0 Å². The second-order valence-corrected chi connectivity index (χ2v) is 9.13. The number of hydrogen-bond acceptors (Lipinski definition) is 8. The van der Waals surface area contributed by atoms with Crippen molar-refractivity contribution < 1.29 is 14.3 Å². The number of rotatable bonds is 8. The minimum atomic E-state index is 0.0136. The average Bonchev–Trinajstić information content (AvgIpc) is 3.20. The van der Waals surface area contributed by atoms with E-state index in [1.807, 2.05) is 23.1 Å². The molecular formula is C19H24N4O3S2. The highest BCUT2D eigenvalue weighted by Gasteiger charge is 2.32. The van der Waals surface area contributed by atoms with E-state index >= 15 is 0 Å². The summed E-state index contributed by atoms with van der Waals surface area (Å²) in [5.74, 6) is 2.04. The number of carbonyl (C=O) groups excluding carboxylic acids is 1. The van der Waals surface area contributed by atoms with Crippen LogP contribution in [0.1, 0.15) is 37.3 Å². The first kappa shape index (κ1) is 19.3. The van der Waals surface area contributed by atoms with Crippen molar-refractivity contribution >= 4 is 34.1 Å². The second-order valence-electron chi connectivity index (χ2n) is 6.93. The molecule has 1 N–H and O–H groups in total. The molecule has 2 heterocycles. The summed E-state index contributed by atoms with van der Waals surface area (Å²) in [6.07, 6.45) is 4.30. The molecule has 1 saturated heterocycles. The highest BCUT2D eigenvalue weighted by molar-refractivity contribution is 8.01. The van der Waals surface area contributed by atoms with Crippen LogP contribution < -0.4 is 14.8 Å². The molecule has 2 aliphatic rings. The molecule has 0 radical (unpaired) electrons. The van der Waals surface area contributed by atoms with Crippen LogP contribution in [0, 0.1) is 0 Å². The molecule has 1 amide bonds. The monoisotopic (exact) mass is 420 g/mol. The molecule has 1 aliphatic heterocycles. The number of amides is 1. The maximum absolute atomic E-state index is 12.9. The predicted octanol–water partition coefficient (Wildman–Crippen LogP) is 3.59. The standard InChI is InChI=1S/C19H24N4O3S2/c1-25-13-7-8-16(26-2)14(10-13)15-4-3-9-23(15)17(24)11-27-19-22-21-18(28-19)20-12-5-6-12/h7-8,10,12,15H,3-6,9,11H2,1-2H3,(H,20,21). The molecule has 2 fully saturated rings. The molecule has 1 saturated carbocycles. The first-order chi connectivity index (χ1) is 13.7. The van der Waals surface area contributed by atoms with Crippen LogP contribution in [0.5, 0.6) is 11.5 Å². The molecule has 7 nitrogen and oxygen atoms in total. The molecule has 4 rings (SSSR count). The number of thioether (sulfide) groups is 1. The molecule has 1 aliphatic carbocycles. The molecule has 1 unspecified atom stereocenters. The number of ether oxygens (including phenoxy) is 2. The first-order valence-electron chi connectivity index (χ1n) is 9.42. The molecule has 0 bridgehead atoms. The van der Waals surface area contributed by atoms with Crippen molar-refractivity contribution in [3.05, 3.63) is 23.8 Å². The van der Waals surface area contributed by atoms with E-state index in [4.69, 9.17) is 9.47 Å². The zero-order valence-electron chi connectivity index (χ0n) is 16.0. The lowest BCUT2D eigenvalue weighted by atomic mass is 10.0. The summed E-state index contributed by atoms with van der Waals surface area (Å²) in [5.41, 5.74) is 1.00. The Morgan fingerprint density at radius 2 is 2.14 bits per heavy atom. The lowest BCUT2D eigenvalue weighted by Gasteiger charge is -2.26. The van der Waals surface area contributed by atoms with Gasteiger partial charge in [-0.1, -0.05) is 23.1 Å². The summed E-state index contributed by atoms with van der Waals surface area (Å²) in [6.45, 7) is 0.759. The van der Waals surface area contributed by atoms with Crippen LogP contribution in [0.25, 0.3) is 0 Å². The lowest BCUT2D eigenvalue weighted by Crippen LogP contribution is -2.32. The van der Waals surface area contributed by atoms with Gasteiger partial charge in [-0.25, -0.2) is 0 Å². The summed E-state index contributed by atoms with van der Waals surface area (Å²) < 4.78 is 11.7. The Kier molecular flexibility index (Phi) is 5.91. The van der Waals surface area contributed by atoms with Crippen LogP contribution >= 0.6 is 23.1 Å². The van der Waals surface area contributed by atoms with Crippen LogP contribution in [0.2, 0.25) is 0 Å². The van der Waals surface area contributed by atoms with Gasteiger partial charge in [0.05, 0.1) is 26.0 Å². The van der Waals surface area contributed by atoms with Crippen molar-refractivity contribution in [2.75, 3.05) is 31.8 Å². The van der Waals surface area contributed by atoms with Gasteiger partial charge < -0.3 is 19.7 Å². The fraction of sp³-hybridized carbons (Fsp3) is 0.526. The number of benzene rings is 1. The zero-order chi connectivity index (χ0) is 19.5. The molecule has 1 aromatic carbocycles. The Hall–Kier alpha value is -2.00. The normalized spacial score (nSPS) is 18.9. The lowest BCUT2D eigenvalue weighted by molar-refractivity contribution is -0.129. The molecule has 9 heteroatoms. The number of nitrogens with one attached hydrogen (secondary N) is 1. The van der Waals surface area contributed by atoms with Crippen LogP contribution in [0.3, 0.4) is 0 Å². The third kappa shape index (κ3) is 4.35. The molecule has 28 heavy (non-hydrogen) atoms. The maximum Gasteiger partial charge on any atom is 0.233 e. The summed E-state index contributed by atoms with van der Waals surface area (Å²) in [5, 5.41) is 12.5. The number of aromatic nitrogens is 2. The fourth-order valence-electron chi connectivity index (χ4n) is 3.42. The van der Waals surface area contributed by atoms with E-state index in [-0.39, 0.29) is 11.9 Å². The minimum absolute atomic E-state index is 0.0136. The molecule has 1 aromatic heterocycles. The quantitative estimate of drug-likeness (QED) is 0.654. The smallest absolute Gasteiger partial charge is 0.233 e. The Bertz CT molecular complexity index is 840. The minimum Gasteiger partial charge on any atom is -0.497 e. The fourth-order valence-corrected chi connectivity index (χ4v) is 5.14. The van der Waals surface area contributed by atoms with Crippen molar-refractivity contribution in [1.82, 2.24) is 15.1 Å². The van der Waals surface area contributed by atoms with Crippen LogP contribution in [0.15, 0.2) is 22.5 Å². The van der Waals surface area contributed by atoms with E-state index in [1.54, 1.807) is 14.2 Å². The summed E-state index contributed by atoms with van der Waals surface area (Å²) >= 11 is 2.97. The van der Waals surface area contributed by atoms with Crippen molar-refractivity contribution in [2.45, 2.75) is 42.1 Å². The first-order valence-corrected chi connectivity index (χ1v) is 11.2. The van der Waals surface area contributed by atoms with Gasteiger partial charge in [0.1, 0.15) is 11.5 Å². The van der Waals surface area contributed by atoms with Crippen molar-refractivity contribution in [1.29, 1.82) is 0 Å². The maximum atomic E-state index is 12.9. The summed E-state index contributed by atoms with van der Waals surface area (Å²) in [6, 6.07) is 6.32. The number of anilines is 1. The van der Waals surface area contributed by atoms with Gasteiger partial charge in [-0.2, -0.15) is 0 Å². The van der Waals surface area contributed by atoms with E-state index < -0.39 is 0 Å². The molecular weight excluding hydrogens is 396 g/mol. The van der Waals surface area contributed by atoms with Gasteiger partial charge >= 0.3 is 0 Å². The van der Waals surface area contributed by atoms with Gasteiger partial charge in [0.15, 0.2) is 4.34 Å². The predicted molar refractivity (Wildman–Crippen MR) is 111 cm³/mol. The van der Waals surface area contributed by atoms with Crippen molar-refractivity contribution in [3.63, 3.8) is 0 Å². The zero-order valence-corrected chi connectivity index (χ0v) is 17.6. The Morgan fingerprint density at radius 1 is 1.29 bits per heavy atom. The number of hydrogen-bond donors (Lipinski definition) is 1. The van der Waals surface area contributed by atoms with Crippen LogP contribution in [0.4, 0.5) is 5.13 Å². The van der Waals surface area contributed by atoms with Gasteiger partial charge in [-0.05, 0) is 43.9 Å². The SMILES string of the molecule is COc1ccc(OC)c(C2CCCN2C(=O)CSc2nnc(NC3CC3)s2)c1. The van der Waals surface area contributed by atoms with E-state index in [9.17, 15) is 4.79 Å². The molecule has 2 aromatic rings. The second kappa shape index (κ2) is 8.57. The van der Waals surface area contributed by atoms with E-state index in [0.717, 1.165) is 45.9 Å². The number of nitrogens with zero attached hydrogens (tertiary/aromatic N) is 3. The molecule has 150 valence electrons. The molecule has 0 spiro atoms. The third-order valence-electron chi connectivity index (χ3n) is 5.00. The van der Waals surface area contributed by atoms with Gasteiger partial charge in [0.25, 0.3) is 0 Å². The largest absolute Gasteiger partial charge is 0.497 e. The summed E-state index contributed by atoms with van der Waals surface area (Å²) in [4.78, 5) is 14.9. The van der Waals surface area contributed by atoms with Crippen LogP contribution in [-0.2, 0) is 4.79 Å². The van der Waals surface area contributed by atoms with E-state index in [2.05, 4.69) is 15.5 Å². The Labute approximate surface area is 172 Å². The van der Waals surface area contributed by atoms with E-state index in [0.29, 0.717) is 11.8 Å². The Balaban J connectivity index is 1.41. The van der Waals surface area contributed by atoms with E-state index in [1.165, 1.54) is 35.9 Å². The average molecular weight is 421 g/mol. The van der Waals surface area contributed by atoms with Gasteiger partial charge in [0.2, 0.25) is 11.0 Å². The third-order valence-corrected chi connectivity index (χ3v) is 6.97. The number of methoxy groups -OCH3 is 2. The summed E-state index contributed by atoms with van der Waals surface area (Å²) in [7, 11) is 3.30. The van der Waals surface area contributed by atoms with Gasteiger partial charge in [0, 0.05) is 18.2 Å². The highest BCUT2D eigenvalue weighted by Crippen LogP contribution is 2.39. The van der Waals surface area contributed by atoms with Crippen LogP contribution in [-0.4, -0.2) is 53.6 Å². The van der Waals surface area contributed by atoms with Gasteiger partial charge in [-0.3, -0.25) is 4.79 Å². The van der Waals surface area contributed by atoms with Gasteiger partial charge in [-0.15, -0.1) is 10.2 Å². The highest BCUT2D eigenvalue weighted by atomic mass is 32.2. The number of carbonyl (C=O) groups is 1. The topological polar surface area (TPSA) is 76.6 Å². The Morgan fingerprint density at radius 3 is 2.89 bits per heavy atom. The molecule has 1 atom stereocenters. The van der Waals surface area contributed by atoms with Crippen molar-refractivity contribution in [3.8, 4) is 11.5 Å².